The molecule has 1 aliphatic rings. The molecule has 0 fully saturated rings. The van der Waals surface area contributed by atoms with E-state index < -0.39 is 45.8 Å². The Morgan fingerprint density at radius 3 is 1.98 bits per heavy atom. The summed E-state index contributed by atoms with van der Waals surface area (Å²) in [6.45, 7) is 3.84. The maximum atomic E-state index is 13.1. The van der Waals surface area contributed by atoms with Crippen LogP contribution in [0.1, 0.15) is 53.0 Å². The molecule has 0 bridgehead atoms. The van der Waals surface area contributed by atoms with Crippen LogP contribution in [0.15, 0.2) is 60.7 Å². The van der Waals surface area contributed by atoms with Gasteiger partial charge < -0.3 is 10.4 Å². The molecule has 0 aliphatic carbocycles. The maximum absolute atomic E-state index is 13.1. The highest BCUT2D eigenvalue weighted by atomic mass is 32.2. The number of nitrogens with one attached hydrogen (secondary N) is 3. The van der Waals surface area contributed by atoms with Crippen molar-refractivity contribution in [2.24, 2.45) is 5.92 Å². The van der Waals surface area contributed by atoms with E-state index in [1.165, 1.54) is 0 Å². The van der Waals surface area contributed by atoms with Crippen LogP contribution in [-0.2, 0) is 26.2 Å². The Morgan fingerprint density at radius 1 is 0.905 bits per heavy atom. The van der Waals surface area contributed by atoms with Gasteiger partial charge in [0, 0.05) is 18.8 Å². The summed E-state index contributed by atoms with van der Waals surface area (Å²) in [4.78, 5) is 52.5. The number of carbonyl (C=O) groups is 4. The predicted octanol–water partition coefficient (Wildman–Crippen LogP) is 2.97. The molecular formula is C30H34N4O7S. The van der Waals surface area contributed by atoms with E-state index >= 15 is 0 Å². The third-order valence-electron chi connectivity index (χ3n) is 6.93. The molecule has 3 aromatic rings. The van der Waals surface area contributed by atoms with Gasteiger partial charge in [-0.3, -0.25) is 34.1 Å². The Bertz CT molecular complexity index is 1570. The van der Waals surface area contributed by atoms with Gasteiger partial charge in [0.15, 0.2) is 0 Å². The third kappa shape index (κ3) is 7.51. The smallest absolute Gasteiger partial charge is 0.320 e. The van der Waals surface area contributed by atoms with E-state index in [1.807, 2.05) is 38.1 Å². The topological polar surface area (TPSA) is 162 Å². The first-order valence-corrected chi connectivity index (χ1v) is 15.4. The number of carbonyl (C=O) groups excluding carboxylic acids is 3. The lowest BCUT2D eigenvalue weighted by Gasteiger charge is -2.25. The van der Waals surface area contributed by atoms with Crippen LogP contribution in [0.3, 0.4) is 0 Å². The highest BCUT2D eigenvalue weighted by Gasteiger charge is 2.37. The van der Waals surface area contributed by atoms with Crippen LogP contribution in [0.5, 0.6) is 0 Å². The number of amides is 3. The summed E-state index contributed by atoms with van der Waals surface area (Å²) in [6, 6.07) is 15.2. The number of carboxylic acid groups (broad SMARTS) is 1. The van der Waals surface area contributed by atoms with Crippen molar-refractivity contribution >= 4 is 50.2 Å². The summed E-state index contributed by atoms with van der Waals surface area (Å²) >= 11 is 0. The number of carboxylic acids is 1. The maximum Gasteiger partial charge on any atom is 0.320 e. The predicted molar refractivity (Wildman–Crippen MR) is 158 cm³/mol. The van der Waals surface area contributed by atoms with Crippen LogP contribution in [0.4, 0.5) is 5.69 Å². The highest BCUT2D eigenvalue weighted by molar-refractivity contribution is 7.92. The first-order chi connectivity index (χ1) is 19.8. The van der Waals surface area contributed by atoms with Crippen LogP contribution >= 0.6 is 0 Å². The van der Waals surface area contributed by atoms with Gasteiger partial charge in [-0.25, -0.2) is 8.42 Å². The van der Waals surface area contributed by atoms with Gasteiger partial charge in [0.05, 0.1) is 23.4 Å². The summed E-state index contributed by atoms with van der Waals surface area (Å²) in [6.07, 6.45) is 1.32. The second kappa shape index (κ2) is 12.7. The van der Waals surface area contributed by atoms with E-state index in [2.05, 4.69) is 15.4 Å². The van der Waals surface area contributed by atoms with E-state index in [-0.39, 0.29) is 36.6 Å². The normalized spacial score (nSPS) is 14.6. The molecule has 42 heavy (non-hydrogen) atoms. The van der Waals surface area contributed by atoms with Gasteiger partial charge in [-0.1, -0.05) is 50.2 Å². The van der Waals surface area contributed by atoms with E-state index in [0.717, 1.165) is 27.5 Å². The number of rotatable bonds is 13. The van der Waals surface area contributed by atoms with Crippen molar-refractivity contribution in [1.82, 2.24) is 15.5 Å². The van der Waals surface area contributed by atoms with Gasteiger partial charge in [-0.05, 0) is 59.4 Å². The van der Waals surface area contributed by atoms with E-state index in [1.54, 1.807) is 36.4 Å². The van der Waals surface area contributed by atoms with Crippen molar-refractivity contribution in [2.75, 3.05) is 17.5 Å². The molecule has 0 saturated carbocycles. The average Bonchev–Trinajstić information content (AvgIpc) is 3.15. The first-order valence-electron chi connectivity index (χ1n) is 13.5. The number of fused-ring (bicyclic) bond motifs is 2. The zero-order valence-electron chi connectivity index (χ0n) is 23.6. The molecule has 0 radical (unpaired) electrons. The molecule has 3 aromatic carbocycles. The van der Waals surface area contributed by atoms with Crippen LogP contribution in [-0.4, -0.2) is 67.0 Å². The minimum absolute atomic E-state index is 0.0643. The molecule has 222 valence electrons. The molecule has 11 nitrogen and oxygen atoms in total. The lowest BCUT2D eigenvalue weighted by Crippen LogP contribution is -2.52. The number of anilines is 1. The molecule has 0 saturated heterocycles. The lowest BCUT2D eigenvalue weighted by atomic mass is 10.0. The summed E-state index contributed by atoms with van der Waals surface area (Å²) in [5.74, 6) is -2.48. The summed E-state index contributed by atoms with van der Waals surface area (Å²) in [7, 11) is -3.41. The number of hydrogen-bond donors (Lipinski definition) is 4. The Kier molecular flexibility index (Phi) is 9.27. The molecule has 3 amide bonds. The summed E-state index contributed by atoms with van der Waals surface area (Å²) in [5, 5.41) is 17.3. The number of hydrogen-bond acceptors (Lipinski definition) is 7. The highest BCUT2D eigenvalue weighted by Crippen LogP contribution is 2.28. The number of imide groups is 1. The molecule has 2 atom stereocenters. The molecule has 4 rings (SSSR count). The fraction of sp³-hybridized carbons (Fsp3) is 0.333. The second-order valence-corrected chi connectivity index (χ2v) is 12.6. The minimum atomic E-state index is -3.41. The second-order valence-electron chi connectivity index (χ2n) is 10.8. The molecule has 1 heterocycles. The number of aliphatic carboxylic acids is 1. The summed E-state index contributed by atoms with van der Waals surface area (Å²) in [5.41, 5.74) is 1.69. The minimum Gasteiger partial charge on any atom is -0.480 e. The van der Waals surface area contributed by atoms with Crippen molar-refractivity contribution in [2.45, 2.75) is 45.3 Å². The monoisotopic (exact) mass is 594 g/mol. The molecule has 4 N–H and O–H groups in total. The molecule has 0 aromatic heterocycles. The van der Waals surface area contributed by atoms with Crippen LogP contribution < -0.4 is 15.4 Å². The first kappa shape index (κ1) is 30.7. The lowest BCUT2D eigenvalue weighted by molar-refractivity contribution is -0.140. The van der Waals surface area contributed by atoms with E-state index in [4.69, 9.17) is 0 Å². The van der Waals surface area contributed by atoms with Gasteiger partial charge in [-0.15, -0.1) is 0 Å². The SMILES string of the molecule is CC(C)C[C@H](N[C@H](CCN1C(=O)c2cc3ccccc3cc2C1=O)C(=O)O)C(=O)NCc1ccc(NS(C)(=O)=O)cc1. The third-order valence-corrected chi connectivity index (χ3v) is 7.53. The van der Waals surface area contributed by atoms with Gasteiger partial charge in [0.1, 0.15) is 6.04 Å². The summed E-state index contributed by atoms with van der Waals surface area (Å²) < 4.78 is 25.2. The molecule has 12 heteroatoms. The Labute approximate surface area is 244 Å². The number of sulfonamides is 1. The number of nitrogens with zero attached hydrogens (tertiary/aromatic N) is 1. The van der Waals surface area contributed by atoms with Gasteiger partial charge in [0.25, 0.3) is 11.8 Å². The van der Waals surface area contributed by atoms with Crippen molar-refractivity contribution in [1.29, 1.82) is 0 Å². The van der Waals surface area contributed by atoms with Gasteiger partial charge in [0.2, 0.25) is 15.9 Å². The Morgan fingerprint density at radius 2 is 1.48 bits per heavy atom. The molecular weight excluding hydrogens is 560 g/mol. The largest absolute Gasteiger partial charge is 0.480 e. The van der Waals surface area contributed by atoms with Crippen LogP contribution in [0, 0.1) is 5.92 Å². The van der Waals surface area contributed by atoms with Crippen LogP contribution in [0.2, 0.25) is 0 Å². The fourth-order valence-electron chi connectivity index (χ4n) is 4.90. The quantitative estimate of drug-likeness (QED) is 0.220. The van der Waals surface area contributed by atoms with Gasteiger partial charge >= 0.3 is 5.97 Å². The van der Waals surface area contributed by atoms with Crippen LogP contribution in [0.25, 0.3) is 10.8 Å². The molecule has 1 aliphatic heterocycles. The van der Waals surface area contributed by atoms with Gasteiger partial charge in [-0.2, -0.15) is 0 Å². The average molecular weight is 595 g/mol. The zero-order chi connectivity index (χ0) is 30.6. The van der Waals surface area contributed by atoms with Crippen molar-refractivity contribution < 1.29 is 32.7 Å². The number of benzene rings is 3. The van der Waals surface area contributed by atoms with Crippen molar-refractivity contribution in [3.63, 3.8) is 0 Å². The molecule has 0 spiro atoms. The Balaban J connectivity index is 1.40. The molecule has 0 unspecified atom stereocenters. The van der Waals surface area contributed by atoms with E-state index in [9.17, 15) is 32.7 Å². The standard InChI is InChI=1S/C30H34N4O7S/c1-18(2)14-26(27(35)31-17-19-8-10-22(11-9-19)33-42(3,40)41)32-25(30(38)39)12-13-34-28(36)23-15-20-6-4-5-7-21(20)16-24(23)29(34)37/h4-11,15-16,18,25-26,32-33H,12-14,17H2,1-3H3,(H,31,35)(H,38,39)/t25-,26+/m1/s1. The Hall–Kier alpha value is -4.29. The van der Waals surface area contributed by atoms with Crippen molar-refractivity contribution in [3.05, 3.63) is 77.4 Å². The fourth-order valence-corrected chi connectivity index (χ4v) is 5.46. The van der Waals surface area contributed by atoms with E-state index in [0.29, 0.717) is 12.1 Å². The van der Waals surface area contributed by atoms with Crippen molar-refractivity contribution in [3.8, 4) is 0 Å². The zero-order valence-corrected chi connectivity index (χ0v) is 24.4.